The van der Waals surface area contributed by atoms with Crippen LogP contribution in [0, 0.1) is 11.7 Å². The molecule has 0 saturated heterocycles. The molecule has 112 valence electrons. The maximum Gasteiger partial charge on any atom is 0.128 e. The highest BCUT2D eigenvalue weighted by Gasteiger charge is 2.21. The highest BCUT2D eigenvalue weighted by Crippen LogP contribution is 2.27. The van der Waals surface area contributed by atoms with E-state index in [9.17, 15) is 4.39 Å². The summed E-state index contributed by atoms with van der Waals surface area (Å²) >= 11 is 0. The van der Waals surface area contributed by atoms with E-state index >= 15 is 0 Å². The van der Waals surface area contributed by atoms with Gasteiger partial charge in [0.1, 0.15) is 5.82 Å². The van der Waals surface area contributed by atoms with E-state index in [0.717, 1.165) is 25.3 Å². The van der Waals surface area contributed by atoms with Gasteiger partial charge in [0.25, 0.3) is 0 Å². The molecule has 1 aromatic carbocycles. The second-order valence-electron chi connectivity index (χ2n) is 5.85. The summed E-state index contributed by atoms with van der Waals surface area (Å²) in [7, 11) is 0. The number of halogens is 1. The quantitative estimate of drug-likeness (QED) is 0.847. The fourth-order valence-corrected chi connectivity index (χ4v) is 2.89. The Hall–Kier alpha value is -0.930. The van der Waals surface area contributed by atoms with Crippen molar-refractivity contribution in [2.45, 2.75) is 51.7 Å². The van der Waals surface area contributed by atoms with Crippen molar-refractivity contribution in [2.75, 3.05) is 13.2 Å². The minimum atomic E-state index is -0.153. The lowest BCUT2D eigenvalue weighted by Crippen LogP contribution is -2.30. The number of likely N-dealkylation sites (N-methyl/N-ethyl adjacent to an activating group) is 1. The van der Waals surface area contributed by atoms with Crippen LogP contribution >= 0.6 is 0 Å². The lowest BCUT2D eigenvalue weighted by Gasteiger charge is -2.28. The van der Waals surface area contributed by atoms with Crippen molar-refractivity contribution < 1.29 is 9.13 Å². The van der Waals surface area contributed by atoms with Gasteiger partial charge in [0.05, 0.1) is 18.8 Å². The monoisotopic (exact) mass is 279 g/mol. The van der Waals surface area contributed by atoms with Crippen molar-refractivity contribution in [3.8, 4) is 0 Å². The molecular formula is C17H26FNO. The molecule has 1 N–H and O–H groups in total. The van der Waals surface area contributed by atoms with Crippen molar-refractivity contribution in [3.05, 3.63) is 35.6 Å². The van der Waals surface area contributed by atoms with Gasteiger partial charge in [-0.1, -0.05) is 32.0 Å². The molecule has 0 aliphatic heterocycles. The normalized spacial score (nSPS) is 24.6. The van der Waals surface area contributed by atoms with E-state index in [1.807, 2.05) is 19.1 Å². The van der Waals surface area contributed by atoms with Crippen LogP contribution in [0.1, 0.15) is 51.1 Å². The van der Waals surface area contributed by atoms with Crippen molar-refractivity contribution in [1.29, 1.82) is 0 Å². The van der Waals surface area contributed by atoms with Crippen LogP contribution in [-0.2, 0) is 4.74 Å². The average Bonchev–Trinajstić information content (AvgIpc) is 2.46. The molecule has 1 aromatic rings. The Morgan fingerprint density at radius 1 is 1.25 bits per heavy atom. The maximum atomic E-state index is 13.9. The summed E-state index contributed by atoms with van der Waals surface area (Å²) in [5, 5.41) is 3.32. The Morgan fingerprint density at radius 2 is 1.95 bits per heavy atom. The standard InChI is InChI=1S/C17H26FNO/c1-3-19-17(15-6-4-5-7-16(15)18)12-20-14-10-8-13(2)9-11-14/h4-7,13-14,17,19H,3,8-12H2,1-2H3. The molecule has 0 amide bonds. The number of hydrogen-bond acceptors (Lipinski definition) is 2. The van der Waals surface area contributed by atoms with Crippen LogP contribution < -0.4 is 5.32 Å². The van der Waals surface area contributed by atoms with E-state index in [1.54, 1.807) is 6.07 Å². The first kappa shape index (κ1) is 15.5. The summed E-state index contributed by atoms with van der Waals surface area (Å²) < 4.78 is 19.9. The van der Waals surface area contributed by atoms with Gasteiger partial charge >= 0.3 is 0 Å². The van der Waals surface area contributed by atoms with Gasteiger partial charge in [0.15, 0.2) is 0 Å². The molecule has 1 aliphatic rings. The first-order valence-electron chi connectivity index (χ1n) is 7.80. The summed E-state index contributed by atoms with van der Waals surface area (Å²) in [4.78, 5) is 0. The highest BCUT2D eigenvalue weighted by atomic mass is 19.1. The second kappa shape index (κ2) is 7.75. The van der Waals surface area contributed by atoms with E-state index in [-0.39, 0.29) is 11.9 Å². The topological polar surface area (TPSA) is 21.3 Å². The van der Waals surface area contributed by atoms with E-state index in [1.165, 1.54) is 18.9 Å². The van der Waals surface area contributed by atoms with Gasteiger partial charge in [0.2, 0.25) is 0 Å². The van der Waals surface area contributed by atoms with Crippen LogP contribution in [0.4, 0.5) is 4.39 Å². The summed E-state index contributed by atoms with van der Waals surface area (Å²) in [6.45, 7) is 5.70. The van der Waals surface area contributed by atoms with Gasteiger partial charge in [-0.15, -0.1) is 0 Å². The molecule has 0 spiro atoms. The molecule has 0 aromatic heterocycles. The van der Waals surface area contributed by atoms with Crippen LogP contribution in [0.2, 0.25) is 0 Å². The zero-order valence-electron chi connectivity index (χ0n) is 12.6. The molecule has 1 saturated carbocycles. The molecule has 1 atom stereocenters. The van der Waals surface area contributed by atoms with Gasteiger partial charge in [-0.25, -0.2) is 4.39 Å². The Balaban J connectivity index is 1.91. The lowest BCUT2D eigenvalue weighted by molar-refractivity contribution is 0.00766. The van der Waals surface area contributed by atoms with Crippen LogP contribution in [0.3, 0.4) is 0 Å². The van der Waals surface area contributed by atoms with E-state index in [2.05, 4.69) is 12.2 Å². The van der Waals surface area contributed by atoms with Gasteiger partial charge < -0.3 is 10.1 Å². The molecule has 2 nitrogen and oxygen atoms in total. The second-order valence-corrected chi connectivity index (χ2v) is 5.85. The third-order valence-corrected chi connectivity index (χ3v) is 4.19. The summed E-state index contributed by atoms with van der Waals surface area (Å²) in [5.74, 6) is 0.672. The van der Waals surface area contributed by atoms with E-state index < -0.39 is 0 Å². The third kappa shape index (κ3) is 4.29. The van der Waals surface area contributed by atoms with E-state index in [4.69, 9.17) is 4.74 Å². The Kier molecular flexibility index (Phi) is 5.99. The number of nitrogens with one attached hydrogen (secondary N) is 1. The molecular weight excluding hydrogens is 253 g/mol. The van der Waals surface area contributed by atoms with Gasteiger partial charge in [-0.2, -0.15) is 0 Å². The summed E-state index contributed by atoms with van der Waals surface area (Å²) in [5.41, 5.74) is 0.707. The third-order valence-electron chi connectivity index (χ3n) is 4.19. The number of hydrogen-bond donors (Lipinski definition) is 1. The molecule has 0 bridgehead atoms. The van der Waals surface area contributed by atoms with Crippen molar-refractivity contribution in [2.24, 2.45) is 5.92 Å². The molecule has 20 heavy (non-hydrogen) atoms. The Labute approximate surface area is 121 Å². The van der Waals surface area contributed by atoms with Crippen LogP contribution in [0.25, 0.3) is 0 Å². The molecule has 1 unspecified atom stereocenters. The predicted octanol–water partition coefficient (Wildman–Crippen LogP) is 4.07. The van der Waals surface area contributed by atoms with Gasteiger partial charge in [0, 0.05) is 5.56 Å². The molecule has 1 fully saturated rings. The van der Waals surface area contributed by atoms with Crippen LogP contribution in [-0.4, -0.2) is 19.3 Å². The van der Waals surface area contributed by atoms with Gasteiger partial charge in [-0.3, -0.25) is 0 Å². The molecule has 0 radical (unpaired) electrons. The maximum absolute atomic E-state index is 13.9. The van der Waals surface area contributed by atoms with Crippen molar-refractivity contribution in [3.63, 3.8) is 0 Å². The minimum absolute atomic E-state index is 0.0550. The highest BCUT2D eigenvalue weighted by molar-refractivity contribution is 5.21. The minimum Gasteiger partial charge on any atom is -0.376 e. The fourth-order valence-electron chi connectivity index (χ4n) is 2.89. The van der Waals surface area contributed by atoms with Crippen LogP contribution in [0.5, 0.6) is 0 Å². The Morgan fingerprint density at radius 3 is 2.60 bits per heavy atom. The number of ether oxygens (including phenoxy) is 1. The summed E-state index contributed by atoms with van der Waals surface area (Å²) in [6, 6.07) is 6.91. The molecule has 0 heterocycles. The van der Waals surface area contributed by atoms with Crippen LogP contribution in [0.15, 0.2) is 24.3 Å². The lowest BCUT2D eigenvalue weighted by atomic mass is 9.89. The molecule has 3 heteroatoms. The smallest absolute Gasteiger partial charge is 0.128 e. The SMILES string of the molecule is CCNC(COC1CCC(C)CC1)c1ccccc1F. The number of benzene rings is 1. The molecule has 1 aliphatic carbocycles. The Bertz CT molecular complexity index is 402. The molecule has 2 rings (SSSR count). The van der Waals surface area contributed by atoms with E-state index in [0.29, 0.717) is 18.3 Å². The first-order valence-corrected chi connectivity index (χ1v) is 7.80. The van der Waals surface area contributed by atoms with Crippen molar-refractivity contribution in [1.82, 2.24) is 5.32 Å². The largest absolute Gasteiger partial charge is 0.376 e. The average molecular weight is 279 g/mol. The predicted molar refractivity (Wildman–Crippen MR) is 80.2 cm³/mol. The summed E-state index contributed by atoms with van der Waals surface area (Å²) in [6.07, 6.45) is 5.11. The zero-order chi connectivity index (χ0) is 14.4. The first-order chi connectivity index (χ1) is 9.70. The van der Waals surface area contributed by atoms with Crippen molar-refractivity contribution >= 4 is 0 Å². The number of rotatable bonds is 6. The zero-order valence-corrected chi connectivity index (χ0v) is 12.6. The van der Waals surface area contributed by atoms with Gasteiger partial charge in [-0.05, 0) is 44.2 Å². The fraction of sp³-hybridized carbons (Fsp3) is 0.647.